The lowest BCUT2D eigenvalue weighted by Gasteiger charge is -2.30. The first kappa shape index (κ1) is 18.8. The summed E-state index contributed by atoms with van der Waals surface area (Å²) in [6.07, 6.45) is 0.989. The quantitative estimate of drug-likeness (QED) is 0.747. The molecule has 1 aliphatic heterocycles. The molecule has 7 nitrogen and oxygen atoms in total. The fourth-order valence-corrected chi connectivity index (χ4v) is 3.30. The minimum Gasteiger partial charge on any atom is -0.508 e. The van der Waals surface area contributed by atoms with E-state index in [1.807, 2.05) is 24.3 Å². The van der Waals surface area contributed by atoms with Crippen molar-refractivity contribution in [1.29, 1.82) is 0 Å². The third-order valence-electron chi connectivity index (χ3n) is 4.74. The second-order valence-electron chi connectivity index (χ2n) is 6.49. The van der Waals surface area contributed by atoms with Gasteiger partial charge in [-0.2, -0.15) is 0 Å². The van der Waals surface area contributed by atoms with E-state index in [1.54, 1.807) is 24.3 Å². The van der Waals surface area contributed by atoms with Crippen molar-refractivity contribution in [2.45, 2.75) is 25.3 Å². The van der Waals surface area contributed by atoms with Gasteiger partial charge in [0.15, 0.2) is 0 Å². The van der Waals surface area contributed by atoms with Gasteiger partial charge in [-0.05, 0) is 36.5 Å². The van der Waals surface area contributed by atoms with Crippen molar-refractivity contribution in [2.75, 3.05) is 20.2 Å². The summed E-state index contributed by atoms with van der Waals surface area (Å²) >= 11 is 0. The third kappa shape index (κ3) is 4.83. The molecule has 0 atom stereocenters. The van der Waals surface area contributed by atoms with Crippen molar-refractivity contribution in [2.24, 2.45) is 0 Å². The molecule has 144 valence electrons. The van der Waals surface area contributed by atoms with Crippen LogP contribution in [-0.4, -0.2) is 41.6 Å². The van der Waals surface area contributed by atoms with Gasteiger partial charge < -0.3 is 25.1 Å². The summed E-state index contributed by atoms with van der Waals surface area (Å²) in [5, 5.41) is 23.8. The van der Waals surface area contributed by atoms with Crippen LogP contribution in [0.1, 0.15) is 29.9 Å². The zero-order valence-electron chi connectivity index (χ0n) is 15.2. The molecule has 2 aromatic carbocycles. The van der Waals surface area contributed by atoms with Gasteiger partial charge in [-0.25, -0.2) is 4.79 Å². The number of ether oxygens (including phenoxy) is 1. The molecule has 1 amide bonds. The second-order valence-corrected chi connectivity index (χ2v) is 6.49. The normalized spacial score (nSPS) is 15.3. The van der Waals surface area contributed by atoms with E-state index in [-0.39, 0.29) is 17.4 Å². The number of hydroxylamine groups is 2. The molecule has 3 N–H and O–H groups in total. The molecule has 1 aliphatic rings. The van der Waals surface area contributed by atoms with E-state index in [2.05, 4.69) is 5.32 Å². The number of phenols is 2. The molecular formula is C20H24N2O5. The van der Waals surface area contributed by atoms with Crippen LogP contribution in [0.15, 0.2) is 42.5 Å². The highest BCUT2D eigenvalue weighted by molar-refractivity contribution is 5.67. The number of para-hydroxylation sites is 1. The van der Waals surface area contributed by atoms with Crippen LogP contribution in [0, 0.1) is 0 Å². The minimum atomic E-state index is -0.508. The first-order valence-electron chi connectivity index (χ1n) is 8.91. The minimum absolute atomic E-state index is 0.0451. The maximum Gasteiger partial charge on any atom is 0.426 e. The number of rotatable bonds is 5. The third-order valence-corrected chi connectivity index (χ3v) is 4.74. The van der Waals surface area contributed by atoms with Crippen molar-refractivity contribution in [3.8, 4) is 17.2 Å². The number of piperidine rings is 1. The van der Waals surface area contributed by atoms with Gasteiger partial charge in [0.2, 0.25) is 0 Å². The van der Waals surface area contributed by atoms with Gasteiger partial charge in [0.05, 0.1) is 7.11 Å². The van der Waals surface area contributed by atoms with Crippen LogP contribution in [0.2, 0.25) is 0 Å². The standard InChI is InChI=1S/C20H24N2O5/c1-26-19-5-3-2-4-15(19)13-21-20(25)27-22-10-8-14(9-11-22)17-7-6-16(23)12-18(17)24/h2-7,12,14,23-24H,8-11,13H2,1H3,(H,21,25). The molecule has 1 fully saturated rings. The van der Waals surface area contributed by atoms with E-state index in [0.29, 0.717) is 25.4 Å². The second kappa shape index (κ2) is 8.64. The van der Waals surface area contributed by atoms with Crippen molar-refractivity contribution in [3.05, 3.63) is 53.6 Å². The number of benzene rings is 2. The van der Waals surface area contributed by atoms with Crippen LogP contribution in [0.25, 0.3) is 0 Å². The van der Waals surface area contributed by atoms with Gasteiger partial charge in [0.1, 0.15) is 17.2 Å². The molecule has 2 aromatic rings. The summed E-state index contributed by atoms with van der Waals surface area (Å²) in [4.78, 5) is 17.4. The fraction of sp³-hybridized carbons (Fsp3) is 0.350. The summed E-state index contributed by atoms with van der Waals surface area (Å²) in [6.45, 7) is 1.47. The zero-order chi connectivity index (χ0) is 19.2. The van der Waals surface area contributed by atoms with Crippen molar-refractivity contribution in [1.82, 2.24) is 10.4 Å². The number of aromatic hydroxyl groups is 2. The maximum absolute atomic E-state index is 12.0. The summed E-state index contributed by atoms with van der Waals surface area (Å²) in [6, 6.07) is 12.1. The molecule has 0 saturated carbocycles. The van der Waals surface area contributed by atoms with E-state index in [0.717, 1.165) is 24.0 Å². The van der Waals surface area contributed by atoms with E-state index in [1.165, 1.54) is 6.07 Å². The Morgan fingerprint density at radius 3 is 2.63 bits per heavy atom. The summed E-state index contributed by atoms with van der Waals surface area (Å²) in [5.41, 5.74) is 1.69. The van der Waals surface area contributed by atoms with Crippen LogP contribution in [0.3, 0.4) is 0 Å². The highest BCUT2D eigenvalue weighted by atomic mass is 16.7. The Kier molecular flexibility index (Phi) is 6.03. The van der Waals surface area contributed by atoms with E-state index >= 15 is 0 Å². The molecule has 3 rings (SSSR count). The molecule has 0 spiro atoms. The Labute approximate surface area is 158 Å². The predicted molar refractivity (Wildman–Crippen MR) is 99.6 cm³/mol. The number of nitrogens with zero attached hydrogens (tertiary/aromatic N) is 1. The summed E-state index contributed by atoms with van der Waals surface area (Å²) < 4.78 is 5.26. The lowest BCUT2D eigenvalue weighted by atomic mass is 9.89. The number of methoxy groups -OCH3 is 1. The van der Waals surface area contributed by atoms with E-state index < -0.39 is 6.09 Å². The summed E-state index contributed by atoms with van der Waals surface area (Å²) in [5.74, 6) is 1.03. The Hall–Kier alpha value is -2.93. The lowest BCUT2D eigenvalue weighted by molar-refractivity contribution is -0.113. The van der Waals surface area contributed by atoms with Crippen molar-refractivity contribution < 1.29 is 24.6 Å². The molecule has 0 bridgehead atoms. The zero-order valence-corrected chi connectivity index (χ0v) is 15.2. The number of phenolic OH excluding ortho intramolecular Hbond substituents is 2. The number of carbonyl (C=O) groups is 1. The lowest BCUT2D eigenvalue weighted by Crippen LogP contribution is -2.38. The van der Waals surface area contributed by atoms with Crippen LogP contribution < -0.4 is 10.1 Å². The van der Waals surface area contributed by atoms with Crippen LogP contribution in [-0.2, 0) is 11.4 Å². The maximum atomic E-state index is 12.0. The van der Waals surface area contributed by atoms with Gasteiger partial charge >= 0.3 is 6.09 Å². The molecule has 1 heterocycles. The smallest absolute Gasteiger partial charge is 0.426 e. The number of hydrogen-bond donors (Lipinski definition) is 3. The van der Waals surface area contributed by atoms with Gasteiger partial charge in [0.25, 0.3) is 0 Å². The van der Waals surface area contributed by atoms with Gasteiger partial charge in [-0.3, -0.25) is 0 Å². The number of nitrogens with one attached hydrogen (secondary N) is 1. The largest absolute Gasteiger partial charge is 0.508 e. The van der Waals surface area contributed by atoms with Crippen LogP contribution in [0.5, 0.6) is 17.2 Å². The highest BCUT2D eigenvalue weighted by Crippen LogP contribution is 2.35. The number of hydrogen-bond acceptors (Lipinski definition) is 6. The monoisotopic (exact) mass is 372 g/mol. The predicted octanol–water partition coefficient (Wildman–Crippen LogP) is 3.13. The fourth-order valence-electron chi connectivity index (χ4n) is 3.30. The molecule has 0 unspecified atom stereocenters. The van der Waals surface area contributed by atoms with E-state index in [4.69, 9.17) is 9.57 Å². The molecule has 7 heteroatoms. The van der Waals surface area contributed by atoms with E-state index in [9.17, 15) is 15.0 Å². The summed E-state index contributed by atoms with van der Waals surface area (Å²) in [7, 11) is 1.59. The Morgan fingerprint density at radius 2 is 1.93 bits per heavy atom. The average Bonchev–Trinajstić information content (AvgIpc) is 2.67. The number of carbonyl (C=O) groups excluding carboxylic acids is 1. The molecule has 0 aromatic heterocycles. The molecule has 0 radical (unpaired) electrons. The Balaban J connectivity index is 1.46. The average molecular weight is 372 g/mol. The first-order chi connectivity index (χ1) is 13.1. The van der Waals surface area contributed by atoms with Gasteiger partial charge in [-0.15, -0.1) is 5.06 Å². The Bertz CT molecular complexity index is 788. The molecular weight excluding hydrogens is 348 g/mol. The SMILES string of the molecule is COc1ccccc1CNC(=O)ON1CCC(c2ccc(O)cc2O)CC1. The van der Waals surface area contributed by atoms with Crippen LogP contribution >= 0.6 is 0 Å². The van der Waals surface area contributed by atoms with Crippen molar-refractivity contribution >= 4 is 6.09 Å². The Morgan fingerprint density at radius 1 is 1.19 bits per heavy atom. The topological polar surface area (TPSA) is 91.3 Å². The van der Waals surface area contributed by atoms with Crippen LogP contribution in [0.4, 0.5) is 4.79 Å². The van der Waals surface area contributed by atoms with Gasteiger partial charge in [0, 0.05) is 31.3 Å². The van der Waals surface area contributed by atoms with Crippen molar-refractivity contribution in [3.63, 3.8) is 0 Å². The molecule has 27 heavy (non-hydrogen) atoms. The molecule has 0 aliphatic carbocycles. The van der Waals surface area contributed by atoms with Gasteiger partial charge in [-0.1, -0.05) is 24.3 Å². The number of amides is 1. The molecule has 1 saturated heterocycles. The highest BCUT2D eigenvalue weighted by Gasteiger charge is 2.25. The first-order valence-corrected chi connectivity index (χ1v) is 8.91.